The van der Waals surface area contributed by atoms with Crippen molar-refractivity contribution in [1.29, 1.82) is 0 Å². The molecule has 1 aromatic heterocycles. The lowest BCUT2D eigenvalue weighted by Gasteiger charge is -2.29. The lowest BCUT2D eigenvalue weighted by atomic mass is 9.91. The van der Waals surface area contributed by atoms with Crippen LogP contribution in [0.5, 0.6) is 0 Å². The van der Waals surface area contributed by atoms with E-state index in [9.17, 15) is 0 Å². The molecule has 1 fully saturated rings. The number of hydrogen-bond donors (Lipinski definition) is 2. The first-order chi connectivity index (χ1) is 7.25. The van der Waals surface area contributed by atoms with Crippen LogP contribution in [0, 0.1) is 0 Å². The van der Waals surface area contributed by atoms with Crippen LogP contribution in [-0.4, -0.2) is 22.3 Å². The Labute approximate surface area is 94.2 Å². The summed E-state index contributed by atoms with van der Waals surface area (Å²) >= 11 is 5.66. The van der Waals surface area contributed by atoms with Crippen LogP contribution in [0.3, 0.4) is 0 Å². The van der Waals surface area contributed by atoms with Gasteiger partial charge in [0.2, 0.25) is 0 Å². The zero-order chi connectivity index (χ0) is 10.7. The highest BCUT2D eigenvalue weighted by atomic mass is 35.5. The molecule has 0 unspecified atom stereocenters. The normalized spacial score (nSPS) is 26.3. The third-order valence-corrected chi connectivity index (χ3v) is 2.99. The van der Waals surface area contributed by atoms with Crippen LogP contribution in [0.4, 0.5) is 5.82 Å². The first-order valence-corrected chi connectivity index (χ1v) is 5.65. The Balaban J connectivity index is 1.98. The molecule has 2 atom stereocenters. The average Bonchev–Trinajstić information content (AvgIpc) is 2.25. The minimum absolute atomic E-state index is 0.219. The average molecular weight is 227 g/mol. The van der Waals surface area contributed by atoms with Crippen molar-refractivity contribution in [3.8, 4) is 0 Å². The van der Waals surface area contributed by atoms with E-state index in [1.165, 1.54) is 12.8 Å². The summed E-state index contributed by atoms with van der Waals surface area (Å²) < 4.78 is 0. The van der Waals surface area contributed by atoms with Gasteiger partial charge < -0.3 is 11.1 Å². The first-order valence-electron chi connectivity index (χ1n) is 5.27. The van der Waals surface area contributed by atoms with E-state index in [1.807, 2.05) is 6.07 Å². The van der Waals surface area contributed by atoms with Gasteiger partial charge in [0, 0.05) is 12.1 Å². The predicted molar refractivity (Wildman–Crippen MR) is 60.9 cm³/mol. The molecule has 0 aromatic carbocycles. The summed E-state index contributed by atoms with van der Waals surface area (Å²) in [6, 6.07) is 4.09. The maximum Gasteiger partial charge on any atom is 0.151 e. The number of nitrogens with one attached hydrogen (secondary N) is 1. The Morgan fingerprint density at radius 1 is 1.27 bits per heavy atom. The van der Waals surface area contributed by atoms with E-state index in [-0.39, 0.29) is 6.04 Å². The Hall–Kier alpha value is -0.870. The number of rotatable bonds is 2. The molecule has 0 bridgehead atoms. The molecule has 1 saturated carbocycles. The number of anilines is 1. The van der Waals surface area contributed by atoms with Crippen LogP contribution in [-0.2, 0) is 0 Å². The fourth-order valence-corrected chi connectivity index (χ4v) is 2.02. The van der Waals surface area contributed by atoms with Gasteiger partial charge in [-0.2, -0.15) is 0 Å². The van der Waals surface area contributed by atoms with Gasteiger partial charge in [0.15, 0.2) is 5.15 Å². The van der Waals surface area contributed by atoms with Gasteiger partial charge in [-0.1, -0.05) is 24.4 Å². The van der Waals surface area contributed by atoms with E-state index < -0.39 is 0 Å². The second-order valence-corrected chi connectivity index (χ2v) is 4.33. The zero-order valence-corrected chi connectivity index (χ0v) is 9.24. The van der Waals surface area contributed by atoms with E-state index in [1.54, 1.807) is 6.07 Å². The number of hydrogen-bond acceptors (Lipinski definition) is 4. The molecule has 4 nitrogen and oxygen atoms in total. The summed E-state index contributed by atoms with van der Waals surface area (Å²) in [5.41, 5.74) is 6.02. The van der Waals surface area contributed by atoms with Gasteiger partial charge in [0.05, 0.1) is 0 Å². The Morgan fingerprint density at radius 2 is 2.07 bits per heavy atom. The summed E-state index contributed by atoms with van der Waals surface area (Å²) in [6.45, 7) is 0. The summed E-state index contributed by atoms with van der Waals surface area (Å²) in [7, 11) is 0. The molecule has 1 aromatic rings. The van der Waals surface area contributed by atoms with Crippen LogP contribution < -0.4 is 11.1 Å². The van der Waals surface area contributed by atoms with Crippen molar-refractivity contribution in [1.82, 2.24) is 10.2 Å². The second-order valence-electron chi connectivity index (χ2n) is 3.94. The van der Waals surface area contributed by atoms with Gasteiger partial charge in [-0.15, -0.1) is 10.2 Å². The van der Waals surface area contributed by atoms with Crippen LogP contribution in [0.1, 0.15) is 25.7 Å². The fraction of sp³-hybridized carbons (Fsp3) is 0.600. The van der Waals surface area contributed by atoms with E-state index in [2.05, 4.69) is 15.5 Å². The lowest BCUT2D eigenvalue weighted by molar-refractivity contribution is 0.403. The monoisotopic (exact) mass is 226 g/mol. The maximum atomic E-state index is 6.02. The highest BCUT2D eigenvalue weighted by molar-refractivity contribution is 6.29. The Morgan fingerprint density at radius 3 is 2.73 bits per heavy atom. The zero-order valence-electron chi connectivity index (χ0n) is 8.49. The van der Waals surface area contributed by atoms with E-state index in [0.29, 0.717) is 11.2 Å². The van der Waals surface area contributed by atoms with Crippen LogP contribution in [0.25, 0.3) is 0 Å². The quantitative estimate of drug-likeness (QED) is 0.808. The van der Waals surface area contributed by atoms with Crippen molar-refractivity contribution in [2.45, 2.75) is 37.8 Å². The molecule has 15 heavy (non-hydrogen) atoms. The number of nitrogens with two attached hydrogens (primary N) is 1. The molecule has 1 aliphatic rings. The molecular weight excluding hydrogens is 212 g/mol. The smallest absolute Gasteiger partial charge is 0.151 e. The molecule has 0 saturated heterocycles. The van der Waals surface area contributed by atoms with Crippen molar-refractivity contribution in [3.05, 3.63) is 17.3 Å². The van der Waals surface area contributed by atoms with Crippen LogP contribution in [0.15, 0.2) is 12.1 Å². The Kier molecular flexibility index (Phi) is 3.38. The molecule has 1 heterocycles. The van der Waals surface area contributed by atoms with Crippen molar-refractivity contribution in [3.63, 3.8) is 0 Å². The molecule has 0 radical (unpaired) electrons. The third kappa shape index (κ3) is 2.79. The van der Waals surface area contributed by atoms with Gasteiger partial charge in [-0.3, -0.25) is 0 Å². The SMILES string of the molecule is N[C@H]1CCCC[C@@H]1Nc1ccc(Cl)nn1. The number of aromatic nitrogens is 2. The first kappa shape index (κ1) is 10.6. The molecule has 5 heteroatoms. The Bertz CT molecular complexity index is 314. The number of halogens is 1. The standard InChI is InChI=1S/C10H15ClN4/c11-9-5-6-10(15-14-9)13-8-4-2-1-3-7(8)12/h5-8H,1-4,12H2,(H,13,15)/t7-,8-/m0/s1. The minimum atomic E-state index is 0.219. The fourth-order valence-electron chi connectivity index (χ4n) is 1.92. The largest absolute Gasteiger partial charge is 0.364 e. The van der Waals surface area contributed by atoms with Crippen molar-refractivity contribution < 1.29 is 0 Å². The molecule has 82 valence electrons. The topological polar surface area (TPSA) is 63.8 Å². The minimum Gasteiger partial charge on any atom is -0.364 e. The van der Waals surface area contributed by atoms with Crippen molar-refractivity contribution in [2.75, 3.05) is 5.32 Å². The highest BCUT2D eigenvalue weighted by Gasteiger charge is 2.21. The van der Waals surface area contributed by atoms with E-state index in [4.69, 9.17) is 17.3 Å². The van der Waals surface area contributed by atoms with Gasteiger partial charge in [-0.25, -0.2) is 0 Å². The third-order valence-electron chi connectivity index (χ3n) is 2.78. The summed E-state index contributed by atoms with van der Waals surface area (Å²) in [5.74, 6) is 0.752. The van der Waals surface area contributed by atoms with Gasteiger partial charge >= 0.3 is 0 Å². The van der Waals surface area contributed by atoms with Crippen LogP contribution >= 0.6 is 11.6 Å². The maximum absolute atomic E-state index is 6.02. The van der Waals surface area contributed by atoms with Crippen molar-refractivity contribution in [2.24, 2.45) is 5.73 Å². The summed E-state index contributed by atoms with van der Waals surface area (Å²) in [5, 5.41) is 11.5. The lowest BCUT2D eigenvalue weighted by Crippen LogP contribution is -2.42. The molecule has 0 amide bonds. The van der Waals surface area contributed by atoms with Gasteiger partial charge in [0.1, 0.15) is 5.82 Å². The molecule has 1 aliphatic carbocycles. The van der Waals surface area contributed by atoms with Crippen molar-refractivity contribution >= 4 is 17.4 Å². The van der Waals surface area contributed by atoms with Gasteiger partial charge in [-0.05, 0) is 25.0 Å². The van der Waals surface area contributed by atoms with Gasteiger partial charge in [0.25, 0.3) is 0 Å². The molecule has 0 aliphatic heterocycles. The predicted octanol–water partition coefficient (Wildman–Crippen LogP) is 1.81. The van der Waals surface area contributed by atoms with E-state index >= 15 is 0 Å². The highest BCUT2D eigenvalue weighted by Crippen LogP contribution is 2.20. The molecule has 0 spiro atoms. The molecular formula is C10H15ClN4. The van der Waals surface area contributed by atoms with E-state index in [0.717, 1.165) is 18.7 Å². The summed E-state index contributed by atoms with van der Waals surface area (Å²) in [6.07, 6.45) is 4.64. The molecule has 3 N–H and O–H groups in total. The van der Waals surface area contributed by atoms with Crippen LogP contribution in [0.2, 0.25) is 5.15 Å². The number of nitrogens with zero attached hydrogens (tertiary/aromatic N) is 2. The molecule has 2 rings (SSSR count). The summed E-state index contributed by atoms with van der Waals surface area (Å²) in [4.78, 5) is 0. The second kappa shape index (κ2) is 4.77.